The van der Waals surface area contributed by atoms with E-state index in [-0.39, 0.29) is 36.1 Å². The highest BCUT2D eigenvalue weighted by molar-refractivity contribution is 5.99. The van der Waals surface area contributed by atoms with Crippen LogP contribution in [0.15, 0.2) is 24.3 Å². The standard InChI is InChI=1S/C23H33N3O3/c1-14(2)10-18-21(28)24-20(17-11-15-8-6-7-9-16(15)12-17)22(29)26(18)13-19(27)25-23(3,4)5/h6-9,14,17-18,20H,10-13H2,1-5H3,(H,24,28)(H,25,27)/t18-,20?/m1/s1. The average Bonchev–Trinajstić information content (AvgIpc) is 3.02. The molecule has 0 saturated carbocycles. The van der Waals surface area contributed by atoms with Crippen LogP contribution in [0.4, 0.5) is 0 Å². The van der Waals surface area contributed by atoms with Crippen molar-refractivity contribution < 1.29 is 14.4 Å². The van der Waals surface area contributed by atoms with Gasteiger partial charge in [0.05, 0.1) is 0 Å². The third-order valence-corrected chi connectivity index (χ3v) is 5.60. The maximum atomic E-state index is 13.4. The van der Waals surface area contributed by atoms with Crippen molar-refractivity contribution in [3.8, 4) is 0 Å². The van der Waals surface area contributed by atoms with Gasteiger partial charge in [0.15, 0.2) is 0 Å². The quantitative estimate of drug-likeness (QED) is 0.796. The highest BCUT2D eigenvalue weighted by atomic mass is 16.2. The molecule has 158 valence electrons. The first kappa shape index (κ1) is 21.3. The smallest absolute Gasteiger partial charge is 0.246 e. The van der Waals surface area contributed by atoms with Gasteiger partial charge in [-0.25, -0.2) is 0 Å². The third-order valence-electron chi connectivity index (χ3n) is 5.60. The van der Waals surface area contributed by atoms with Gasteiger partial charge >= 0.3 is 0 Å². The van der Waals surface area contributed by atoms with Gasteiger partial charge in [0.25, 0.3) is 0 Å². The summed E-state index contributed by atoms with van der Waals surface area (Å²) in [5.41, 5.74) is 2.08. The number of fused-ring (bicyclic) bond motifs is 1. The number of nitrogens with zero attached hydrogens (tertiary/aromatic N) is 1. The van der Waals surface area contributed by atoms with Gasteiger partial charge in [-0.1, -0.05) is 38.1 Å². The molecule has 6 heteroatoms. The van der Waals surface area contributed by atoms with Crippen LogP contribution < -0.4 is 10.6 Å². The van der Waals surface area contributed by atoms with E-state index in [4.69, 9.17) is 0 Å². The minimum absolute atomic E-state index is 0.0250. The molecule has 1 saturated heterocycles. The molecule has 2 aliphatic rings. The highest BCUT2D eigenvalue weighted by Gasteiger charge is 2.45. The molecule has 3 rings (SSSR count). The Bertz CT molecular complexity index is 772. The Morgan fingerprint density at radius 3 is 2.28 bits per heavy atom. The molecule has 0 spiro atoms. The molecular formula is C23H33N3O3. The van der Waals surface area contributed by atoms with Crippen molar-refractivity contribution in [2.24, 2.45) is 11.8 Å². The molecular weight excluding hydrogens is 366 g/mol. The van der Waals surface area contributed by atoms with Gasteiger partial charge in [0.2, 0.25) is 17.7 Å². The fourth-order valence-electron chi connectivity index (χ4n) is 4.41. The number of benzene rings is 1. The fourth-order valence-corrected chi connectivity index (χ4v) is 4.41. The molecule has 2 N–H and O–H groups in total. The lowest BCUT2D eigenvalue weighted by Gasteiger charge is -2.41. The second kappa shape index (κ2) is 8.17. The topological polar surface area (TPSA) is 78.5 Å². The molecule has 1 unspecified atom stereocenters. The monoisotopic (exact) mass is 399 g/mol. The van der Waals surface area contributed by atoms with Gasteiger partial charge in [0.1, 0.15) is 18.6 Å². The van der Waals surface area contributed by atoms with E-state index >= 15 is 0 Å². The summed E-state index contributed by atoms with van der Waals surface area (Å²) < 4.78 is 0. The molecule has 1 aliphatic carbocycles. The van der Waals surface area contributed by atoms with Gasteiger partial charge in [-0.3, -0.25) is 14.4 Å². The van der Waals surface area contributed by atoms with Gasteiger partial charge < -0.3 is 15.5 Å². The van der Waals surface area contributed by atoms with Crippen LogP contribution in [-0.4, -0.2) is 46.8 Å². The van der Waals surface area contributed by atoms with E-state index in [0.717, 1.165) is 12.8 Å². The first-order valence-electron chi connectivity index (χ1n) is 10.5. The molecule has 1 aromatic carbocycles. The van der Waals surface area contributed by atoms with Crippen LogP contribution in [0.25, 0.3) is 0 Å². The van der Waals surface area contributed by atoms with Crippen LogP contribution in [0.2, 0.25) is 0 Å². The molecule has 0 radical (unpaired) electrons. The van der Waals surface area contributed by atoms with E-state index in [9.17, 15) is 14.4 Å². The summed E-state index contributed by atoms with van der Waals surface area (Å²) in [7, 11) is 0. The lowest BCUT2D eigenvalue weighted by Crippen LogP contribution is -2.67. The zero-order valence-corrected chi connectivity index (χ0v) is 18.1. The maximum absolute atomic E-state index is 13.4. The summed E-state index contributed by atoms with van der Waals surface area (Å²) in [6, 6.07) is 6.99. The van der Waals surface area contributed by atoms with E-state index in [2.05, 4.69) is 22.8 Å². The van der Waals surface area contributed by atoms with Crippen molar-refractivity contribution in [1.82, 2.24) is 15.5 Å². The van der Waals surface area contributed by atoms with Crippen LogP contribution in [0.3, 0.4) is 0 Å². The Labute approximate surface area is 173 Å². The molecule has 6 nitrogen and oxygen atoms in total. The number of carbonyl (C=O) groups is 3. The summed E-state index contributed by atoms with van der Waals surface area (Å²) in [6.45, 7) is 9.66. The normalized spacial score (nSPS) is 22.6. The van der Waals surface area contributed by atoms with Crippen LogP contribution >= 0.6 is 0 Å². The SMILES string of the molecule is CC(C)C[C@@H]1C(=O)NC(C2Cc3ccccc3C2)C(=O)N1CC(=O)NC(C)(C)C. The maximum Gasteiger partial charge on any atom is 0.246 e. The Hall–Kier alpha value is -2.37. The largest absolute Gasteiger partial charge is 0.350 e. The zero-order valence-electron chi connectivity index (χ0n) is 18.1. The second-order valence-electron chi connectivity index (χ2n) is 9.83. The van der Waals surface area contributed by atoms with E-state index in [0.29, 0.717) is 6.42 Å². The van der Waals surface area contributed by atoms with E-state index in [1.165, 1.54) is 16.0 Å². The molecule has 1 fully saturated rings. The summed E-state index contributed by atoms with van der Waals surface area (Å²) in [4.78, 5) is 40.5. The number of nitrogens with one attached hydrogen (secondary N) is 2. The number of rotatable bonds is 5. The summed E-state index contributed by atoms with van der Waals surface area (Å²) in [5, 5.41) is 5.90. The predicted octanol–water partition coefficient (Wildman–Crippen LogP) is 2.06. The van der Waals surface area contributed by atoms with Crippen molar-refractivity contribution >= 4 is 17.7 Å². The van der Waals surface area contributed by atoms with Crippen molar-refractivity contribution in [3.63, 3.8) is 0 Å². The second-order valence-corrected chi connectivity index (χ2v) is 9.83. The minimum Gasteiger partial charge on any atom is -0.350 e. The molecule has 0 bridgehead atoms. The first-order chi connectivity index (χ1) is 13.5. The van der Waals surface area contributed by atoms with Gasteiger partial charge in [-0.2, -0.15) is 0 Å². The molecule has 29 heavy (non-hydrogen) atoms. The molecule has 1 aromatic rings. The lowest BCUT2D eigenvalue weighted by molar-refractivity contribution is -0.153. The van der Waals surface area contributed by atoms with Gasteiger partial charge in [-0.05, 0) is 63.0 Å². The van der Waals surface area contributed by atoms with Crippen LogP contribution in [0, 0.1) is 11.8 Å². The third kappa shape index (κ3) is 4.98. The average molecular weight is 400 g/mol. The van der Waals surface area contributed by atoms with Crippen molar-refractivity contribution in [2.75, 3.05) is 6.54 Å². The Morgan fingerprint density at radius 1 is 1.17 bits per heavy atom. The zero-order chi connectivity index (χ0) is 21.3. The number of amides is 3. The molecule has 2 atom stereocenters. The number of carbonyl (C=O) groups excluding carboxylic acids is 3. The number of hydrogen-bond acceptors (Lipinski definition) is 3. The van der Waals surface area contributed by atoms with Crippen LogP contribution in [0.5, 0.6) is 0 Å². The van der Waals surface area contributed by atoms with E-state index < -0.39 is 17.6 Å². The van der Waals surface area contributed by atoms with Crippen LogP contribution in [-0.2, 0) is 27.2 Å². The van der Waals surface area contributed by atoms with Crippen molar-refractivity contribution in [3.05, 3.63) is 35.4 Å². The van der Waals surface area contributed by atoms with Gasteiger partial charge in [0, 0.05) is 5.54 Å². The molecule has 1 aliphatic heterocycles. The summed E-state index contributed by atoms with van der Waals surface area (Å²) in [6.07, 6.45) is 2.07. The van der Waals surface area contributed by atoms with E-state index in [1.54, 1.807) is 0 Å². The lowest BCUT2D eigenvalue weighted by atomic mass is 9.90. The fraction of sp³-hybridized carbons (Fsp3) is 0.609. The minimum atomic E-state index is -0.603. The number of hydrogen-bond donors (Lipinski definition) is 2. The Balaban J connectivity index is 1.80. The van der Waals surface area contributed by atoms with E-state index in [1.807, 2.05) is 46.8 Å². The molecule has 0 aromatic heterocycles. The Kier molecular flexibility index (Phi) is 6.01. The van der Waals surface area contributed by atoms with Gasteiger partial charge in [-0.15, -0.1) is 0 Å². The van der Waals surface area contributed by atoms with Crippen molar-refractivity contribution in [1.29, 1.82) is 0 Å². The molecule has 3 amide bonds. The predicted molar refractivity (Wildman–Crippen MR) is 112 cm³/mol. The molecule has 1 heterocycles. The van der Waals surface area contributed by atoms with Crippen molar-refractivity contribution in [2.45, 2.75) is 71.5 Å². The first-order valence-corrected chi connectivity index (χ1v) is 10.5. The Morgan fingerprint density at radius 2 is 1.76 bits per heavy atom. The highest BCUT2D eigenvalue weighted by Crippen LogP contribution is 2.31. The summed E-state index contributed by atoms with van der Waals surface area (Å²) >= 11 is 0. The summed E-state index contributed by atoms with van der Waals surface area (Å²) in [5.74, 6) is -0.265. The van der Waals surface area contributed by atoms with Crippen LogP contribution in [0.1, 0.15) is 52.2 Å². The number of piperazine rings is 1.